The van der Waals surface area contributed by atoms with Crippen molar-refractivity contribution in [1.29, 1.82) is 0 Å². The number of benzene rings is 10. The third-order valence-corrected chi connectivity index (χ3v) is 13.9. The number of allylic oxidation sites excluding steroid dienone is 1. The number of hydrogen-bond donors (Lipinski definition) is 1. The van der Waals surface area contributed by atoms with Gasteiger partial charge in [0.1, 0.15) is 11.7 Å². The summed E-state index contributed by atoms with van der Waals surface area (Å²) in [6.45, 7) is 0. The molecular weight excluding hydrogens is 885 g/mol. The zero-order valence-corrected chi connectivity index (χ0v) is 40.3. The molecule has 0 aliphatic carbocycles. The summed E-state index contributed by atoms with van der Waals surface area (Å²) < 4.78 is 0. The summed E-state index contributed by atoms with van der Waals surface area (Å²) in [5.74, 6) is 1.79. The Morgan fingerprint density at radius 3 is 1.19 bits per heavy atom. The zero-order chi connectivity index (χ0) is 48.8. The molecule has 0 bridgehead atoms. The summed E-state index contributed by atoms with van der Waals surface area (Å²) in [7, 11) is 0. The van der Waals surface area contributed by atoms with Crippen molar-refractivity contribution < 1.29 is 0 Å². The van der Waals surface area contributed by atoms with E-state index in [-0.39, 0.29) is 12.0 Å². The molecule has 348 valence electrons. The normalized spacial score (nSPS) is 16.3. The van der Waals surface area contributed by atoms with E-state index in [0.717, 1.165) is 96.1 Å². The Morgan fingerprint density at radius 2 is 0.630 bits per heavy atom. The first-order valence-electron chi connectivity index (χ1n) is 25.1. The molecule has 3 atom stereocenters. The summed E-state index contributed by atoms with van der Waals surface area (Å²) in [6, 6.07) is 94.9. The lowest BCUT2D eigenvalue weighted by Gasteiger charge is -2.23. The highest BCUT2D eigenvalue weighted by atomic mass is 15.2. The number of nitrogens with one attached hydrogen (secondary N) is 1. The Hall–Kier alpha value is -9.25. The summed E-state index contributed by atoms with van der Waals surface area (Å²) >= 11 is 0. The van der Waals surface area contributed by atoms with Crippen LogP contribution in [-0.4, -0.2) is 17.4 Å². The molecule has 0 spiro atoms. The second kappa shape index (κ2) is 20.6. The third-order valence-electron chi connectivity index (χ3n) is 13.9. The van der Waals surface area contributed by atoms with Gasteiger partial charge in [0.2, 0.25) is 0 Å². The van der Waals surface area contributed by atoms with Gasteiger partial charge >= 0.3 is 0 Å². The average molecular weight is 937 g/mol. The highest BCUT2D eigenvalue weighted by Gasteiger charge is 2.23. The standard InChI is InChI=1S/C69H52N4/c1-5-19-48(20-6-1)52-27-15-36-62(43-52)66-47-60(50-23-9-3-10-24-50)39-40-65(70-66)61-35-16-33-58(44-61)56-31-13-29-54(41-56)55-30-14-32-57(42-55)59-34-18-38-64(46-59)69-72-67(51-25-11-4-12-26-51)71-68(73-69)63-37-17-28-53(45-63)49-21-7-2-8-22-49/h1-46,60,65,68H,47H2,(H,71,72,73). The van der Waals surface area contributed by atoms with E-state index in [4.69, 9.17) is 15.0 Å². The quantitative estimate of drug-likeness (QED) is 0.129. The van der Waals surface area contributed by atoms with Crippen LogP contribution < -0.4 is 5.32 Å². The van der Waals surface area contributed by atoms with Gasteiger partial charge < -0.3 is 5.32 Å². The van der Waals surface area contributed by atoms with E-state index in [9.17, 15) is 0 Å². The Bertz CT molecular complexity index is 3690. The van der Waals surface area contributed by atoms with Crippen LogP contribution in [-0.2, 0) is 0 Å². The zero-order valence-electron chi connectivity index (χ0n) is 40.3. The molecule has 3 unspecified atom stereocenters. The van der Waals surface area contributed by atoms with Gasteiger partial charge in [0.15, 0.2) is 6.17 Å². The molecule has 2 aliphatic rings. The highest BCUT2D eigenvalue weighted by Crippen LogP contribution is 2.36. The minimum absolute atomic E-state index is 0.136. The molecular formula is C69H52N4. The van der Waals surface area contributed by atoms with E-state index < -0.39 is 6.17 Å². The van der Waals surface area contributed by atoms with Crippen LogP contribution in [0.2, 0.25) is 0 Å². The van der Waals surface area contributed by atoms with Crippen LogP contribution in [0, 0.1) is 0 Å². The summed E-state index contributed by atoms with van der Waals surface area (Å²) in [4.78, 5) is 16.0. The molecule has 0 saturated heterocycles. The van der Waals surface area contributed by atoms with Gasteiger partial charge in [0, 0.05) is 29.2 Å². The molecule has 73 heavy (non-hydrogen) atoms. The van der Waals surface area contributed by atoms with E-state index >= 15 is 0 Å². The SMILES string of the molecule is C1=CC(c2cccc(-c3cccc(-c4cccc(-c5cccc(C6=NC(c7cccc(-c8ccccc8)c7)N=C(c7ccccc7)N6)c5)c4)c3)c2)N=C(c2cccc(-c3ccccc3)c2)CC1c1ccccc1. The third kappa shape index (κ3) is 10.1. The number of amidine groups is 2. The molecule has 4 heteroatoms. The summed E-state index contributed by atoms with van der Waals surface area (Å²) in [6.07, 6.45) is 5.07. The second-order valence-electron chi connectivity index (χ2n) is 18.8. The lowest BCUT2D eigenvalue weighted by molar-refractivity contribution is 0.756. The molecule has 1 N–H and O–H groups in total. The van der Waals surface area contributed by atoms with Gasteiger partial charge in [-0.05, 0) is 114 Å². The largest absolute Gasteiger partial charge is 0.324 e. The fourth-order valence-corrected chi connectivity index (χ4v) is 10.1. The highest BCUT2D eigenvalue weighted by molar-refractivity contribution is 6.16. The van der Waals surface area contributed by atoms with E-state index in [1.807, 2.05) is 24.3 Å². The first-order valence-corrected chi connectivity index (χ1v) is 25.1. The monoisotopic (exact) mass is 936 g/mol. The van der Waals surface area contributed by atoms with Crippen LogP contribution in [0.15, 0.2) is 294 Å². The van der Waals surface area contributed by atoms with Crippen LogP contribution in [0.5, 0.6) is 0 Å². The van der Waals surface area contributed by atoms with Gasteiger partial charge in [-0.2, -0.15) is 0 Å². The lowest BCUT2D eigenvalue weighted by atomic mass is 9.90. The van der Waals surface area contributed by atoms with Gasteiger partial charge in [-0.15, -0.1) is 0 Å². The van der Waals surface area contributed by atoms with E-state index in [0.29, 0.717) is 0 Å². The Morgan fingerprint density at radius 1 is 0.274 bits per heavy atom. The predicted octanol–water partition coefficient (Wildman–Crippen LogP) is 16.8. The molecule has 0 saturated carbocycles. The van der Waals surface area contributed by atoms with Crippen molar-refractivity contribution in [2.45, 2.75) is 24.5 Å². The molecule has 4 nitrogen and oxygen atoms in total. The van der Waals surface area contributed by atoms with Gasteiger partial charge in [-0.3, -0.25) is 4.99 Å². The van der Waals surface area contributed by atoms with Crippen molar-refractivity contribution in [3.63, 3.8) is 0 Å². The molecule has 10 aromatic rings. The number of hydrogen-bond acceptors (Lipinski definition) is 4. The fraction of sp³-hybridized carbons (Fsp3) is 0.0580. The topological polar surface area (TPSA) is 49.1 Å². The molecule has 2 aliphatic heterocycles. The minimum atomic E-state index is -0.418. The fourth-order valence-electron chi connectivity index (χ4n) is 10.1. The summed E-state index contributed by atoms with van der Waals surface area (Å²) in [5, 5.41) is 3.61. The first kappa shape index (κ1) is 44.9. The predicted molar refractivity (Wildman–Crippen MR) is 304 cm³/mol. The molecule has 0 aromatic heterocycles. The van der Waals surface area contributed by atoms with Crippen molar-refractivity contribution in [2.75, 3.05) is 0 Å². The van der Waals surface area contributed by atoms with E-state index in [2.05, 4.69) is 260 Å². The molecule has 10 aromatic carbocycles. The maximum atomic E-state index is 5.56. The summed E-state index contributed by atoms with van der Waals surface area (Å²) in [5.41, 5.74) is 19.3. The number of aliphatic imine (C=N–C) groups is 3. The van der Waals surface area contributed by atoms with E-state index in [1.54, 1.807) is 0 Å². The lowest BCUT2D eigenvalue weighted by Crippen LogP contribution is -2.36. The van der Waals surface area contributed by atoms with Crippen molar-refractivity contribution in [2.24, 2.45) is 15.0 Å². The van der Waals surface area contributed by atoms with E-state index in [1.165, 1.54) is 16.7 Å². The smallest absolute Gasteiger partial charge is 0.169 e. The molecule has 0 fully saturated rings. The van der Waals surface area contributed by atoms with Crippen molar-refractivity contribution in [1.82, 2.24) is 5.32 Å². The number of rotatable bonds is 11. The Balaban J connectivity index is 0.836. The van der Waals surface area contributed by atoms with Gasteiger partial charge in [-0.1, -0.05) is 243 Å². The molecule has 2 heterocycles. The maximum absolute atomic E-state index is 5.56. The minimum Gasteiger partial charge on any atom is -0.324 e. The second-order valence-corrected chi connectivity index (χ2v) is 18.8. The van der Waals surface area contributed by atoms with Crippen molar-refractivity contribution in [3.05, 3.63) is 312 Å². The van der Waals surface area contributed by atoms with Gasteiger partial charge in [-0.25, -0.2) is 9.98 Å². The van der Waals surface area contributed by atoms with Gasteiger partial charge in [0.25, 0.3) is 0 Å². The van der Waals surface area contributed by atoms with Crippen LogP contribution in [0.1, 0.15) is 57.9 Å². The molecule has 0 radical (unpaired) electrons. The Labute approximate surface area is 428 Å². The van der Waals surface area contributed by atoms with Crippen molar-refractivity contribution in [3.8, 4) is 55.6 Å². The van der Waals surface area contributed by atoms with Crippen LogP contribution in [0.4, 0.5) is 0 Å². The van der Waals surface area contributed by atoms with Crippen LogP contribution in [0.25, 0.3) is 55.6 Å². The van der Waals surface area contributed by atoms with Crippen LogP contribution in [0.3, 0.4) is 0 Å². The molecule has 0 amide bonds. The average Bonchev–Trinajstić information content (AvgIpc) is 3.72. The van der Waals surface area contributed by atoms with Crippen LogP contribution >= 0.6 is 0 Å². The van der Waals surface area contributed by atoms with Gasteiger partial charge in [0.05, 0.1) is 6.04 Å². The molecule has 12 rings (SSSR count). The first-order chi connectivity index (χ1) is 36.1. The maximum Gasteiger partial charge on any atom is 0.169 e. The Kier molecular flexibility index (Phi) is 12.7. The number of nitrogens with zero attached hydrogens (tertiary/aromatic N) is 3. The van der Waals surface area contributed by atoms with Crippen molar-refractivity contribution >= 4 is 17.4 Å².